The topological polar surface area (TPSA) is 49.3 Å². The van der Waals surface area contributed by atoms with Crippen molar-refractivity contribution in [3.05, 3.63) is 70.5 Å². The monoisotopic (exact) mass is 337 g/mol. The first-order valence-electron chi connectivity index (χ1n) is 7.58. The second-order valence-electron chi connectivity index (χ2n) is 5.45. The van der Waals surface area contributed by atoms with E-state index in [0.29, 0.717) is 12.0 Å². The Morgan fingerprint density at radius 2 is 1.71 bits per heavy atom. The number of aliphatic hydroxyl groups excluding tert-OH is 1. The minimum absolute atomic E-state index is 0.170. The van der Waals surface area contributed by atoms with Gasteiger partial charge in [-0.3, -0.25) is 4.79 Å². The minimum Gasteiger partial charge on any atom is -0.392 e. The van der Waals surface area contributed by atoms with E-state index in [9.17, 15) is 18.0 Å². The number of aryl methyl sites for hydroxylation is 1. The molecule has 0 atom stereocenters. The highest BCUT2D eigenvalue weighted by atomic mass is 19.1. The van der Waals surface area contributed by atoms with Crippen molar-refractivity contribution in [3.63, 3.8) is 0 Å². The first kappa shape index (κ1) is 18.0. The maximum atomic E-state index is 13.4. The fourth-order valence-electron chi connectivity index (χ4n) is 2.32. The second-order valence-corrected chi connectivity index (χ2v) is 5.45. The molecule has 0 radical (unpaired) electrons. The summed E-state index contributed by atoms with van der Waals surface area (Å²) in [7, 11) is 0. The lowest BCUT2D eigenvalue weighted by Gasteiger charge is -2.08. The Balaban J connectivity index is 1.78. The van der Waals surface area contributed by atoms with E-state index in [2.05, 4.69) is 5.32 Å². The number of hydrogen-bond donors (Lipinski definition) is 2. The summed E-state index contributed by atoms with van der Waals surface area (Å²) >= 11 is 0. The third-order valence-electron chi connectivity index (χ3n) is 3.63. The average molecular weight is 337 g/mol. The number of carbonyl (C=O) groups excluding carboxylic acids is 1. The molecule has 0 unspecified atom stereocenters. The van der Waals surface area contributed by atoms with Crippen molar-refractivity contribution in [1.82, 2.24) is 5.32 Å². The van der Waals surface area contributed by atoms with Gasteiger partial charge in [0, 0.05) is 18.5 Å². The summed E-state index contributed by atoms with van der Waals surface area (Å²) < 4.78 is 39.7. The molecule has 0 bridgehead atoms. The van der Waals surface area contributed by atoms with Gasteiger partial charge in [-0.1, -0.05) is 6.07 Å². The molecule has 0 heterocycles. The maximum Gasteiger partial charge on any atom is 0.220 e. The molecule has 128 valence electrons. The number of benzene rings is 2. The second kappa shape index (κ2) is 8.49. The fourth-order valence-corrected chi connectivity index (χ4v) is 2.32. The number of amides is 1. The lowest BCUT2D eigenvalue weighted by atomic mass is 10.1. The highest BCUT2D eigenvalue weighted by Crippen LogP contribution is 2.13. The van der Waals surface area contributed by atoms with Gasteiger partial charge in [0.15, 0.2) is 0 Å². The highest BCUT2D eigenvalue weighted by molar-refractivity contribution is 5.75. The average Bonchev–Trinajstić information content (AvgIpc) is 2.57. The fraction of sp³-hybridized carbons (Fsp3) is 0.278. The number of rotatable bonds is 7. The van der Waals surface area contributed by atoms with Crippen molar-refractivity contribution >= 4 is 5.91 Å². The summed E-state index contributed by atoms with van der Waals surface area (Å²) in [6, 6.07) is 7.49. The van der Waals surface area contributed by atoms with Gasteiger partial charge in [-0.25, -0.2) is 13.2 Å². The van der Waals surface area contributed by atoms with Gasteiger partial charge < -0.3 is 10.4 Å². The van der Waals surface area contributed by atoms with E-state index >= 15 is 0 Å². The quantitative estimate of drug-likeness (QED) is 0.815. The Morgan fingerprint density at radius 1 is 1.00 bits per heavy atom. The smallest absolute Gasteiger partial charge is 0.220 e. The van der Waals surface area contributed by atoms with Crippen LogP contribution < -0.4 is 5.32 Å². The number of aliphatic hydroxyl groups is 1. The van der Waals surface area contributed by atoms with Crippen LogP contribution in [0.15, 0.2) is 36.4 Å². The van der Waals surface area contributed by atoms with Gasteiger partial charge >= 0.3 is 0 Å². The zero-order chi connectivity index (χ0) is 17.5. The van der Waals surface area contributed by atoms with Gasteiger partial charge in [0.25, 0.3) is 0 Å². The standard InChI is InChI=1S/C18H18F3NO2/c19-15-5-7-16(20)13(9-15)2-1-3-18(24)22-10-12-4-6-17(21)14(8-12)11-23/h4-9,23H,1-3,10-11H2,(H,22,24). The Morgan fingerprint density at radius 3 is 2.46 bits per heavy atom. The van der Waals surface area contributed by atoms with Gasteiger partial charge in [-0.05, 0) is 54.3 Å². The number of halogens is 3. The first-order chi connectivity index (χ1) is 11.5. The van der Waals surface area contributed by atoms with E-state index < -0.39 is 24.1 Å². The van der Waals surface area contributed by atoms with Crippen molar-refractivity contribution in [2.45, 2.75) is 32.4 Å². The van der Waals surface area contributed by atoms with E-state index in [0.717, 1.165) is 18.2 Å². The van der Waals surface area contributed by atoms with Crippen molar-refractivity contribution in [2.24, 2.45) is 0 Å². The Labute approximate surface area is 138 Å². The third kappa shape index (κ3) is 5.09. The molecule has 0 aromatic heterocycles. The third-order valence-corrected chi connectivity index (χ3v) is 3.63. The van der Waals surface area contributed by atoms with Crippen LogP contribution in [0, 0.1) is 17.5 Å². The summed E-state index contributed by atoms with van der Waals surface area (Å²) in [4.78, 5) is 11.8. The Kier molecular flexibility index (Phi) is 6.37. The van der Waals surface area contributed by atoms with E-state index in [-0.39, 0.29) is 36.4 Å². The van der Waals surface area contributed by atoms with Crippen LogP contribution in [0.2, 0.25) is 0 Å². The predicted molar refractivity (Wildman–Crippen MR) is 83.5 cm³/mol. The predicted octanol–water partition coefficient (Wildman–Crippen LogP) is 3.24. The van der Waals surface area contributed by atoms with E-state index in [1.54, 1.807) is 0 Å². The number of carbonyl (C=O) groups is 1. The zero-order valence-corrected chi connectivity index (χ0v) is 13.0. The largest absolute Gasteiger partial charge is 0.392 e. The molecular formula is C18H18F3NO2. The molecule has 0 aliphatic heterocycles. The van der Waals surface area contributed by atoms with Crippen LogP contribution in [0.25, 0.3) is 0 Å². The van der Waals surface area contributed by atoms with E-state index in [4.69, 9.17) is 5.11 Å². The molecule has 2 aromatic rings. The summed E-state index contributed by atoms with van der Waals surface area (Å²) in [5, 5.41) is 11.7. The van der Waals surface area contributed by atoms with Crippen LogP contribution in [0.5, 0.6) is 0 Å². The lowest BCUT2D eigenvalue weighted by molar-refractivity contribution is -0.121. The van der Waals surface area contributed by atoms with E-state index in [1.807, 2.05) is 0 Å². The molecule has 0 aliphatic carbocycles. The van der Waals surface area contributed by atoms with Gasteiger partial charge in [0.05, 0.1) is 6.61 Å². The van der Waals surface area contributed by atoms with Gasteiger partial charge in [-0.2, -0.15) is 0 Å². The molecule has 2 N–H and O–H groups in total. The number of hydrogen-bond acceptors (Lipinski definition) is 2. The molecule has 0 fully saturated rings. The molecule has 2 rings (SSSR count). The summed E-state index contributed by atoms with van der Waals surface area (Å²) in [6.07, 6.45) is 0.823. The highest BCUT2D eigenvalue weighted by Gasteiger charge is 2.07. The van der Waals surface area contributed by atoms with Crippen LogP contribution >= 0.6 is 0 Å². The van der Waals surface area contributed by atoms with Crippen LogP contribution in [0.3, 0.4) is 0 Å². The summed E-state index contributed by atoms with van der Waals surface area (Å²) in [6.45, 7) is -0.201. The van der Waals surface area contributed by atoms with Gasteiger partial charge in [0.1, 0.15) is 17.5 Å². The molecule has 24 heavy (non-hydrogen) atoms. The van der Waals surface area contributed by atoms with Crippen molar-refractivity contribution in [3.8, 4) is 0 Å². The molecule has 2 aromatic carbocycles. The zero-order valence-electron chi connectivity index (χ0n) is 13.0. The van der Waals surface area contributed by atoms with E-state index in [1.165, 1.54) is 18.2 Å². The van der Waals surface area contributed by atoms with Crippen LogP contribution in [-0.4, -0.2) is 11.0 Å². The maximum absolute atomic E-state index is 13.4. The molecule has 0 saturated heterocycles. The lowest BCUT2D eigenvalue weighted by Crippen LogP contribution is -2.22. The van der Waals surface area contributed by atoms with Crippen molar-refractivity contribution in [2.75, 3.05) is 0 Å². The van der Waals surface area contributed by atoms with Gasteiger partial charge in [-0.15, -0.1) is 0 Å². The first-order valence-corrected chi connectivity index (χ1v) is 7.58. The normalized spacial score (nSPS) is 10.7. The summed E-state index contributed by atoms with van der Waals surface area (Å²) in [5.41, 5.74) is 1.09. The molecule has 6 heteroatoms. The molecular weight excluding hydrogens is 319 g/mol. The SMILES string of the molecule is O=C(CCCc1cc(F)ccc1F)NCc1ccc(F)c(CO)c1. The molecule has 0 spiro atoms. The van der Waals surface area contributed by atoms with Gasteiger partial charge in [0.2, 0.25) is 5.91 Å². The Bertz CT molecular complexity index is 719. The van der Waals surface area contributed by atoms with Crippen LogP contribution in [0.1, 0.15) is 29.5 Å². The molecule has 0 aliphatic rings. The molecule has 0 saturated carbocycles. The molecule has 3 nitrogen and oxygen atoms in total. The van der Waals surface area contributed by atoms with Crippen LogP contribution in [0.4, 0.5) is 13.2 Å². The molecule has 1 amide bonds. The Hall–Kier alpha value is -2.34. The van der Waals surface area contributed by atoms with Crippen molar-refractivity contribution in [1.29, 1.82) is 0 Å². The van der Waals surface area contributed by atoms with Crippen molar-refractivity contribution < 1.29 is 23.1 Å². The minimum atomic E-state index is -0.508. The van der Waals surface area contributed by atoms with Crippen LogP contribution in [-0.2, 0) is 24.4 Å². The summed E-state index contributed by atoms with van der Waals surface area (Å²) in [5.74, 6) is -1.72. The number of nitrogens with one attached hydrogen (secondary N) is 1.